The van der Waals surface area contributed by atoms with Crippen molar-refractivity contribution in [2.45, 2.75) is 80.4 Å². The number of carbonyl (C=O) groups excluding carboxylic acids is 1. The van der Waals surface area contributed by atoms with Gasteiger partial charge in [-0.05, 0) is 49.1 Å². The highest BCUT2D eigenvalue weighted by molar-refractivity contribution is 7.89. The van der Waals surface area contributed by atoms with E-state index in [1.165, 1.54) is 19.2 Å². The minimum Gasteiger partial charge on any atom is -0.497 e. The predicted octanol–water partition coefficient (Wildman–Crippen LogP) is 3.14. The maximum Gasteiger partial charge on any atom is 0.407 e. The Hall–Kier alpha value is -2.70. The number of amides is 1. The van der Waals surface area contributed by atoms with E-state index < -0.39 is 34.5 Å². The zero-order chi connectivity index (χ0) is 27.7. The summed E-state index contributed by atoms with van der Waals surface area (Å²) in [7, 11) is -2.59. The number of nitrogens with one attached hydrogen (secondary N) is 2. The van der Waals surface area contributed by atoms with Gasteiger partial charge in [-0.1, -0.05) is 49.6 Å². The molecule has 2 aliphatic rings. The molecular weight excluding hydrogens is 524 g/mol. The molecule has 11 heteroatoms. The van der Waals surface area contributed by atoms with Crippen molar-refractivity contribution in [2.75, 3.05) is 20.3 Å². The second kappa shape index (κ2) is 14.1. The molecule has 2 aromatic rings. The van der Waals surface area contributed by atoms with Crippen LogP contribution in [0, 0.1) is 0 Å². The molecule has 2 fully saturated rings. The van der Waals surface area contributed by atoms with Crippen LogP contribution in [0.4, 0.5) is 4.79 Å². The fourth-order valence-electron chi connectivity index (χ4n) is 4.84. The molecule has 0 spiro atoms. The number of methoxy groups -OCH3 is 1. The third-order valence-corrected chi connectivity index (χ3v) is 8.45. The first-order valence-electron chi connectivity index (χ1n) is 13.4. The predicted molar refractivity (Wildman–Crippen MR) is 144 cm³/mol. The number of sulfonamides is 1. The number of carbonyl (C=O) groups is 1. The van der Waals surface area contributed by atoms with Crippen LogP contribution >= 0.6 is 0 Å². The van der Waals surface area contributed by atoms with Gasteiger partial charge < -0.3 is 29.4 Å². The lowest BCUT2D eigenvalue weighted by molar-refractivity contribution is -0.101. The van der Waals surface area contributed by atoms with Crippen molar-refractivity contribution >= 4 is 16.1 Å². The van der Waals surface area contributed by atoms with Crippen molar-refractivity contribution in [2.24, 2.45) is 0 Å². The molecule has 0 aromatic heterocycles. The summed E-state index contributed by atoms with van der Waals surface area (Å²) in [5.41, 5.74) is 0.848. The van der Waals surface area contributed by atoms with Crippen LogP contribution in [0.5, 0.6) is 5.75 Å². The zero-order valence-corrected chi connectivity index (χ0v) is 23.0. The van der Waals surface area contributed by atoms with E-state index >= 15 is 0 Å². The van der Waals surface area contributed by atoms with Gasteiger partial charge in [-0.15, -0.1) is 0 Å². The first-order chi connectivity index (χ1) is 18.8. The molecule has 0 bridgehead atoms. The van der Waals surface area contributed by atoms with E-state index in [0.29, 0.717) is 25.4 Å². The van der Waals surface area contributed by atoms with Crippen molar-refractivity contribution in [3.8, 4) is 5.75 Å². The molecule has 3 N–H and O–H groups in total. The summed E-state index contributed by atoms with van der Waals surface area (Å²) in [6.45, 7) is 0.826. The Kier molecular flexibility index (Phi) is 10.6. The van der Waals surface area contributed by atoms with Gasteiger partial charge in [-0.25, -0.2) is 13.2 Å². The van der Waals surface area contributed by atoms with Gasteiger partial charge in [0.1, 0.15) is 24.2 Å². The van der Waals surface area contributed by atoms with Gasteiger partial charge in [0.05, 0.1) is 37.4 Å². The normalized spacial score (nSPS) is 20.6. The van der Waals surface area contributed by atoms with Crippen LogP contribution in [0.2, 0.25) is 0 Å². The Labute approximate surface area is 230 Å². The zero-order valence-electron chi connectivity index (χ0n) is 22.2. The van der Waals surface area contributed by atoms with Crippen molar-refractivity contribution in [1.29, 1.82) is 0 Å². The summed E-state index contributed by atoms with van der Waals surface area (Å²) in [6, 6.07) is 14.4. The lowest BCUT2D eigenvalue weighted by Gasteiger charge is -2.34. The number of alkyl carbamates (subject to hydrolysis) is 1. The standard InChI is InChI=1S/C28H38N2O8S/c1-35-21-12-14-24(15-13-21)39(33,34)30-27(37-22-10-6-3-7-11-22)26(31)25(18-20-8-4-2-5-9-20)29-28(32)38-23-16-17-36-19-23/h2,4-5,8-9,12-15,22-23,25-27,30-31H,3,6-7,10-11,16-19H2,1H3,(H,29,32)/t23?,25-,26+,27?/m0/s1. The fraction of sp³-hybridized carbons (Fsp3) is 0.536. The summed E-state index contributed by atoms with van der Waals surface area (Å²) < 4.78 is 51.4. The van der Waals surface area contributed by atoms with Gasteiger partial charge in [-0.3, -0.25) is 0 Å². The van der Waals surface area contributed by atoms with Crippen LogP contribution in [-0.2, 0) is 30.7 Å². The van der Waals surface area contributed by atoms with Crippen LogP contribution in [0.25, 0.3) is 0 Å². The molecule has 1 aliphatic carbocycles. The molecule has 1 saturated carbocycles. The average molecular weight is 563 g/mol. The van der Waals surface area contributed by atoms with Crippen molar-refractivity contribution < 1.29 is 37.3 Å². The third-order valence-electron chi connectivity index (χ3n) is 7.02. The van der Waals surface area contributed by atoms with E-state index in [1.807, 2.05) is 30.3 Å². The number of rotatable bonds is 12. The van der Waals surface area contributed by atoms with E-state index in [2.05, 4.69) is 10.0 Å². The molecule has 4 atom stereocenters. The Morgan fingerprint density at radius 1 is 1.03 bits per heavy atom. The number of ether oxygens (including phenoxy) is 4. The van der Waals surface area contributed by atoms with E-state index in [0.717, 1.165) is 37.7 Å². The topological polar surface area (TPSA) is 132 Å². The van der Waals surface area contributed by atoms with Gasteiger partial charge in [0.2, 0.25) is 10.0 Å². The maximum absolute atomic E-state index is 13.4. The molecular formula is C28H38N2O8S. The fourth-order valence-corrected chi connectivity index (χ4v) is 5.97. The summed E-state index contributed by atoms with van der Waals surface area (Å²) in [6.07, 6.45) is 1.29. The quantitative estimate of drug-likeness (QED) is 0.336. The minimum atomic E-state index is -4.08. The van der Waals surface area contributed by atoms with E-state index in [4.69, 9.17) is 18.9 Å². The Morgan fingerprint density at radius 2 is 1.74 bits per heavy atom. The van der Waals surface area contributed by atoms with Gasteiger partial charge in [-0.2, -0.15) is 4.72 Å². The molecule has 10 nitrogen and oxygen atoms in total. The Bertz CT molecular complexity index is 1130. The first-order valence-corrected chi connectivity index (χ1v) is 14.9. The Morgan fingerprint density at radius 3 is 2.38 bits per heavy atom. The highest BCUT2D eigenvalue weighted by Gasteiger charge is 2.36. The number of aliphatic hydroxyl groups is 1. The monoisotopic (exact) mass is 562 g/mol. The van der Waals surface area contributed by atoms with Crippen LogP contribution < -0.4 is 14.8 Å². The molecule has 2 aromatic carbocycles. The molecule has 1 amide bonds. The number of benzene rings is 2. The molecule has 4 rings (SSSR count). The lowest BCUT2D eigenvalue weighted by atomic mass is 9.97. The minimum absolute atomic E-state index is 0.000885. The van der Waals surface area contributed by atoms with Crippen molar-refractivity contribution in [3.63, 3.8) is 0 Å². The molecule has 1 saturated heterocycles. The average Bonchev–Trinajstić information content (AvgIpc) is 3.46. The van der Waals surface area contributed by atoms with Crippen molar-refractivity contribution in [3.05, 3.63) is 60.2 Å². The number of hydrogen-bond acceptors (Lipinski definition) is 8. The Balaban J connectivity index is 1.57. The number of aliphatic hydroxyl groups excluding tert-OH is 1. The van der Waals surface area contributed by atoms with Gasteiger partial charge >= 0.3 is 6.09 Å². The van der Waals surface area contributed by atoms with Crippen LogP contribution in [0.3, 0.4) is 0 Å². The van der Waals surface area contributed by atoms with Crippen LogP contribution in [0.15, 0.2) is 59.5 Å². The highest BCUT2D eigenvalue weighted by Crippen LogP contribution is 2.24. The summed E-state index contributed by atoms with van der Waals surface area (Å²) >= 11 is 0. The molecule has 1 aliphatic heterocycles. The van der Waals surface area contributed by atoms with Crippen molar-refractivity contribution in [1.82, 2.24) is 10.0 Å². The van der Waals surface area contributed by atoms with Crippen LogP contribution in [-0.4, -0.2) is 70.5 Å². The first kappa shape index (κ1) is 29.3. The summed E-state index contributed by atoms with van der Waals surface area (Å²) in [5, 5.41) is 14.3. The second-order valence-corrected chi connectivity index (χ2v) is 11.6. The largest absolute Gasteiger partial charge is 0.497 e. The van der Waals surface area contributed by atoms with E-state index in [9.17, 15) is 18.3 Å². The molecule has 1 heterocycles. The highest BCUT2D eigenvalue weighted by atomic mass is 32.2. The summed E-state index contributed by atoms with van der Waals surface area (Å²) in [5.74, 6) is 0.516. The maximum atomic E-state index is 13.4. The smallest absolute Gasteiger partial charge is 0.407 e. The van der Waals surface area contributed by atoms with Crippen LogP contribution in [0.1, 0.15) is 44.1 Å². The number of hydrogen-bond donors (Lipinski definition) is 3. The van der Waals surface area contributed by atoms with E-state index in [-0.39, 0.29) is 23.5 Å². The summed E-state index contributed by atoms with van der Waals surface area (Å²) in [4.78, 5) is 12.8. The van der Waals surface area contributed by atoms with Gasteiger partial charge in [0, 0.05) is 6.42 Å². The van der Waals surface area contributed by atoms with Gasteiger partial charge in [0.25, 0.3) is 0 Å². The molecule has 2 unspecified atom stereocenters. The SMILES string of the molecule is COc1ccc(S(=O)(=O)NC(OC2CCCCC2)[C@H](O)[C@H](Cc2ccccc2)NC(=O)OC2CCOC2)cc1. The molecule has 39 heavy (non-hydrogen) atoms. The molecule has 214 valence electrons. The third kappa shape index (κ3) is 8.64. The second-order valence-electron chi connectivity index (χ2n) is 9.94. The van der Waals surface area contributed by atoms with E-state index in [1.54, 1.807) is 12.1 Å². The van der Waals surface area contributed by atoms with Gasteiger partial charge in [0.15, 0.2) is 0 Å². The lowest BCUT2D eigenvalue weighted by Crippen LogP contribution is -2.57. The molecule has 0 radical (unpaired) electrons.